The number of benzene rings is 1. The lowest BCUT2D eigenvalue weighted by molar-refractivity contribution is -0.140. The molecule has 2 N–H and O–H groups in total. The number of carbonyl (C=O) groups excluding carboxylic acids is 2. The summed E-state index contributed by atoms with van der Waals surface area (Å²) in [5, 5.41) is 20.1. The second-order valence-corrected chi connectivity index (χ2v) is 4.75. The molecule has 0 radical (unpaired) electrons. The van der Waals surface area contributed by atoms with Gasteiger partial charge in [0.1, 0.15) is 11.8 Å². The van der Waals surface area contributed by atoms with E-state index in [-0.39, 0.29) is 17.7 Å². The van der Waals surface area contributed by atoms with E-state index in [1.807, 2.05) is 6.07 Å². The second-order valence-electron chi connectivity index (χ2n) is 4.75. The topological polar surface area (TPSA) is 116 Å². The maximum atomic E-state index is 12.0. The highest BCUT2D eigenvalue weighted by Gasteiger charge is 2.26. The first-order valence-corrected chi connectivity index (χ1v) is 6.54. The number of nitriles is 1. The first-order chi connectivity index (χ1) is 10.3. The quantitative estimate of drug-likeness (QED) is 0.605. The van der Waals surface area contributed by atoms with Crippen molar-refractivity contribution < 1.29 is 24.2 Å². The Balaban J connectivity index is 2.80. The van der Waals surface area contributed by atoms with Gasteiger partial charge in [-0.25, -0.2) is 4.79 Å². The van der Waals surface area contributed by atoms with Gasteiger partial charge in [0.2, 0.25) is 0 Å². The molecular weight excluding hydrogens is 288 g/mol. The van der Waals surface area contributed by atoms with Crippen molar-refractivity contribution in [3.63, 3.8) is 0 Å². The minimum Gasteiger partial charge on any atom is -0.480 e. The molecule has 0 saturated carbocycles. The number of ether oxygens (including phenoxy) is 1. The highest BCUT2D eigenvalue weighted by Crippen LogP contribution is 2.14. The number of hydrogen-bond donors (Lipinski definition) is 2. The van der Waals surface area contributed by atoms with Crippen LogP contribution in [0.4, 0.5) is 0 Å². The van der Waals surface area contributed by atoms with Crippen LogP contribution in [0.25, 0.3) is 0 Å². The van der Waals surface area contributed by atoms with Crippen molar-refractivity contribution >= 4 is 17.8 Å². The standard InChI is InChI=1S/C15H16N2O5/c1-9(7-8-16)13(15(20)21)17-14(19)11-3-5-12(6-4-11)22-10(2)18/h3-6,9,13H,7H2,1-2H3,(H,17,19)(H,20,21)/t9-,13-/m1/s1. The van der Waals surface area contributed by atoms with Gasteiger partial charge in [-0.2, -0.15) is 5.26 Å². The number of aliphatic carboxylic acids is 1. The molecule has 0 aliphatic heterocycles. The summed E-state index contributed by atoms with van der Waals surface area (Å²) in [6, 6.07) is 6.43. The molecule has 0 heterocycles. The van der Waals surface area contributed by atoms with Crippen LogP contribution in [-0.4, -0.2) is 29.0 Å². The number of nitrogens with zero attached hydrogens (tertiary/aromatic N) is 1. The predicted molar refractivity (Wildman–Crippen MR) is 76.0 cm³/mol. The molecule has 7 nitrogen and oxygen atoms in total. The average molecular weight is 304 g/mol. The molecule has 0 aromatic heterocycles. The predicted octanol–water partition coefficient (Wildman–Crippen LogP) is 1.34. The summed E-state index contributed by atoms with van der Waals surface area (Å²) in [5.41, 5.74) is 0.228. The van der Waals surface area contributed by atoms with Crippen molar-refractivity contribution in [2.45, 2.75) is 26.3 Å². The van der Waals surface area contributed by atoms with E-state index < -0.39 is 29.8 Å². The third-order valence-corrected chi connectivity index (χ3v) is 2.91. The molecule has 2 atom stereocenters. The van der Waals surface area contributed by atoms with Crippen LogP contribution in [-0.2, 0) is 9.59 Å². The first-order valence-electron chi connectivity index (χ1n) is 6.54. The van der Waals surface area contributed by atoms with Gasteiger partial charge in [0.05, 0.1) is 6.07 Å². The van der Waals surface area contributed by atoms with Gasteiger partial charge >= 0.3 is 11.9 Å². The van der Waals surface area contributed by atoms with E-state index in [0.29, 0.717) is 0 Å². The molecule has 22 heavy (non-hydrogen) atoms. The normalized spacial score (nSPS) is 12.6. The molecule has 1 aromatic carbocycles. The van der Waals surface area contributed by atoms with Crippen LogP contribution in [0.5, 0.6) is 5.75 Å². The number of nitrogens with one attached hydrogen (secondary N) is 1. The molecule has 1 aromatic rings. The van der Waals surface area contributed by atoms with Crippen LogP contribution < -0.4 is 10.1 Å². The first kappa shape index (κ1) is 17.2. The Bertz CT molecular complexity index is 603. The fourth-order valence-corrected chi connectivity index (χ4v) is 1.77. The Labute approximate surface area is 127 Å². The lowest BCUT2D eigenvalue weighted by atomic mass is 9.98. The Morgan fingerprint density at radius 1 is 1.32 bits per heavy atom. The highest BCUT2D eigenvalue weighted by molar-refractivity contribution is 5.96. The van der Waals surface area contributed by atoms with Gasteiger partial charge in [-0.15, -0.1) is 0 Å². The molecule has 0 spiro atoms. The van der Waals surface area contributed by atoms with E-state index in [2.05, 4.69) is 5.32 Å². The zero-order valence-corrected chi connectivity index (χ0v) is 12.2. The van der Waals surface area contributed by atoms with Gasteiger partial charge < -0.3 is 15.2 Å². The molecule has 1 amide bonds. The summed E-state index contributed by atoms with van der Waals surface area (Å²) < 4.78 is 4.84. The maximum Gasteiger partial charge on any atom is 0.326 e. The summed E-state index contributed by atoms with van der Waals surface area (Å²) in [6.45, 7) is 2.83. The van der Waals surface area contributed by atoms with E-state index in [1.54, 1.807) is 6.92 Å². The van der Waals surface area contributed by atoms with Crippen molar-refractivity contribution in [2.75, 3.05) is 0 Å². The largest absolute Gasteiger partial charge is 0.480 e. The summed E-state index contributed by atoms with van der Waals surface area (Å²) in [4.78, 5) is 34.0. The summed E-state index contributed by atoms with van der Waals surface area (Å²) in [7, 11) is 0. The Morgan fingerprint density at radius 3 is 2.36 bits per heavy atom. The second kappa shape index (κ2) is 7.78. The number of carboxylic acids is 1. The SMILES string of the molecule is CC(=O)Oc1ccc(C(=O)N[C@@H](C(=O)O)[C@H](C)CC#N)cc1. The fraction of sp³-hybridized carbons (Fsp3) is 0.333. The fourth-order valence-electron chi connectivity index (χ4n) is 1.77. The number of amides is 1. The minimum absolute atomic E-state index is 0.0165. The molecule has 1 rings (SSSR count). The van der Waals surface area contributed by atoms with Crippen LogP contribution in [0, 0.1) is 17.2 Å². The molecule has 0 aliphatic rings. The van der Waals surface area contributed by atoms with Crippen molar-refractivity contribution in [2.24, 2.45) is 5.92 Å². The van der Waals surface area contributed by atoms with E-state index in [9.17, 15) is 14.4 Å². The summed E-state index contributed by atoms with van der Waals surface area (Å²) >= 11 is 0. The molecule has 0 aliphatic carbocycles. The van der Waals surface area contributed by atoms with Gasteiger partial charge in [-0.3, -0.25) is 9.59 Å². The minimum atomic E-state index is -1.20. The third kappa shape index (κ3) is 4.90. The van der Waals surface area contributed by atoms with Gasteiger partial charge in [0.15, 0.2) is 0 Å². The van der Waals surface area contributed by atoms with Crippen LogP contribution >= 0.6 is 0 Å². The number of carbonyl (C=O) groups is 3. The van der Waals surface area contributed by atoms with E-state index in [4.69, 9.17) is 15.1 Å². The zero-order valence-electron chi connectivity index (χ0n) is 12.2. The molecule has 0 fully saturated rings. The average Bonchev–Trinajstić information content (AvgIpc) is 2.44. The molecular formula is C15H16N2O5. The van der Waals surface area contributed by atoms with E-state index in [0.717, 1.165) is 0 Å². The van der Waals surface area contributed by atoms with Gasteiger partial charge in [-0.05, 0) is 24.3 Å². The van der Waals surface area contributed by atoms with Crippen molar-refractivity contribution in [3.8, 4) is 11.8 Å². The van der Waals surface area contributed by atoms with Crippen molar-refractivity contribution in [1.29, 1.82) is 5.26 Å². The Kier molecular flexibility index (Phi) is 6.08. The van der Waals surface area contributed by atoms with Crippen molar-refractivity contribution in [3.05, 3.63) is 29.8 Å². The van der Waals surface area contributed by atoms with E-state index >= 15 is 0 Å². The molecule has 116 valence electrons. The van der Waals surface area contributed by atoms with Gasteiger partial charge in [0, 0.05) is 24.8 Å². The number of carboxylic acid groups (broad SMARTS) is 1. The summed E-state index contributed by atoms with van der Waals surface area (Å²) in [6.07, 6.45) is 0.0165. The molecule has 7 heteroatoms. The molecule has 0 unspecified atom stereocenters. The Hall–Kier alpha value is -2.88. The summed E-state index contributed by atoms with van der Waals surface area (Å²) in [5.74, 6) is -2.49. The zero-order chi connectivity index (χ0) is 16.7. The monoisotopic (exact) mass is 304 g/mol. The Morgan fingerprint density at radius 2 is 1.91 bits per heavy atom. The maximum absolute atomic E-state index is 12.0. The lowest BCUT2D eigenvalue weighted by Crippen LogP contribution is -2.45. The third-order valence-electron chi connectivity index (χ3n) is 2.91. The highest BCUT2D eigenvalue weighted by atomic mass is 16.5. The van der Waals surface area contributed by atoms with Crippen LogP contribution in [0.1, 0.15) is 30.6 Å². The molecule has 0 saturated heterocycles. The van der Waals surface area contributed by atoms with E-state index in [1.165, 1.54) is 31.2 Å². The van der Waals surface area contributed by atoms with Gasteiger partial charge in [-0.1, -0.05) is 6.92 Å². The van der Waals surface area contributed by atoms with Crippen molar-refractivity contribution in [1.82, 2.24) is 5.32 Å². The van der Waals surface area contributed by atoms with Crippen LogP contribution in [0.3, 0.4) is 0 Å². The van der Waals surface area contributed by atoms with Crippen LogP contribution in [0.2, 0.25) is 0 Å². The smallest absolute Gasteiger partial charge is 0.326 e. The van der Waals surface area contributed by atoms with Crippen LogP contribution in [0.15, 0.2) is 24.3 Å². The number of rotatable bonds is 6. The molecule has 0 bridgehead atoms. The number of esters is 1. The van der Waals surface area contributed by atoms with Gasteiger partial charge in [0.25, 0.3) is 5.91 Å². The lowest BCUT2D eigenvalue weighted by Gasteiger charge is -2.19. The number of hydrogen-bond acceptors (Lipinski definition) is 5.